The van der Waals surface area contributed by atoms with Crippen molar-refractivity contribution in [1.29, 1.82) is 0 Å². The highest BCUT2D eigenvalue weighted by molar-refractivity contribution is 5.85. The van der Waals surface area contributed by atoms with Crippen LogP contribution in [0.3, 0.4) is 0 Å². The highest BCUT2D eigenvalue weighted by Crippen LogP contribution is 1.93. The van der Waals surface area contributed by atoms with E-state index in [4.69, 9.17) is 0 Å². The average molecular weight is 174 g/mol. The van der Waals surface area contributed by atoms with E-state index in [-0.39, 0.29) is 19.0 Å². The van der Waals surface area contributed by atoms with Crippen molar-refractivity contribution in [2.45, 2.75) is 6.61 Å². The molecule has 11 heavy (non-hydrogen) atoms. The predicted octanol–water partition coefficient (Wildman–Crippen LogP) is 1.18. The van der Waals surface area contributed by atoms with E-state index in [1.165, 1.54) is 0 Å². The molecular formula is C7H8ClNO2. The summed E-state index contributed by atoms with van der Waals surface area (Å²) in [6.07, 6.45) is 1.66. The summed E-state index contributed by atoms with van der Waals surface area (Å²) in [4.78, 5) is 13.7. The molecule has 0 saturated heterocycles. The summed E-state index contributed by atoms with van der Waals surface area (Å²) in [5.74, 6) is 0. The summed E-state index contributed by atoms with van der Waals surface area (Å²) in [5, 5.41) is 0. The maximum Gasteiger partial charge on any atom is 0.293 e. The first-order chi connectivity index (χ1) is 4.93. The number of halogens is 1. The van der Waals surface area contributed by atoms with Crippen LogP contribution in [-0.2, 0) is 16.1 Å². The van der Waals surface area contributed by atoms with Crippen LogP contribution in [0.2, 0.25) is 0 Å². The molecule has 0 N–H and O–H groups in total. The molecule has 1 aromatic heterocycles. The first-order valence-corrected chi connectivity index (χ1v) is 2.88. The molecule has 0 amide bonds. The molecule has 0 aliphatic carbocycles. The Labute approximate surface area is 70.8 Å². The number of carbonyl (C=O) groups is 1. The van der Waals surface area contributed by atoms with Gasteiger partial charge >= 0.3 is 0 Å². The smallest absolute Gasteiger partial charge is 0.293 e. The Hall–Kier alpha value is -1.09. The van der Waals surface area contributed by atoms with Gasteiger partial charge in [-0.3, -0.25) is 9.78 Å². The van der Waals surface area contributed by atoms with Crippen molar-refractivity contribution in [3.63, 3.8) is 0 Å². The van der Waals surface area contributed by atoms with Crippen molar-refractivity contribution in [3.05, 3.63) is 30.1 Å². The van der Waals surface area contributed by atoms with Crippen LogP contribution in [0, 0.1) is 0 Å². The molecule has 3 nitrogen and oxygen atoms in total. The zero-order chi connectivity index (χ0) is 7.23. The molecule has 1 heterocycles. The molecule has 1 aromatic rings. The second-order valence-electron chi connectivity index (χ2n) is 1.73. The lowest BCUT2D eigenvalue weighted by molar-refractivity contribution is -0.129. The number of carbonyl (C=O) groups excluding carboxylic acids is 1. The zero-order valence-electron chi connectivity index (χ0n) is 5.77. The number of aromatic nitrogens is 1. The van der Waals surface area contributed by atoms with Crippen LogP contribution >= 0.6 is 12.4 Å². The molecule has 0 radical (unpaired) electrons. The van der Waals surface area contributed by atoms with E-state index in [1.54, 1.807) is 12.3 Å². The number of hydrogen-bond donors (Lipinski definition) is 0. The Morgan fingerprint density at radius 2 is 2.36 bits per heavy atom. The van der Waals surface area contributed by atoms with E-state index >= 15 is 0 Å². The Balaban J connectivity index is 0.000001000. The summed E-state index contributed by atoms with van der Waals surface area (Å²) in [5.41, 5.74) is 0.759. The Morgan fingerprint density at radius 1 is 1.55 bits per heavy atom. The van der Waals surface area contributed by atoms with E-state index in [9.17, 15) is 4.79 Å². The van der Waals surface area contributed by atoms with Gasteiger partial charge in [-0.15, -0.1) is 12.4 Å². The predicted molar refractivity (Wildman–Crippen MR) is 42.3 cm³/mol. The SMILES string of the molecule is Cl.O=COCc1ccccn1. The fraction of sp³-hybridized carbons (Fsp3) is 0.143. The van der Waals surface area contributed by atoms with Gasteiger partial charge in [0.05, 0.1) is 5.69 Å². The lowest BCUT2D eigenvalue weighted by Crippen LogP contribution is -1.91. The van der Waals surface area contributed by atoms with Gasteiger partial charge in [-0.2, -0.15) is 0 Å². The van der Waals surface area contributed by atoms with Crippen molar-refractivity contribution >= 4 is 18.9 Å². The maximum absolute atomic E-state index is 9.73. The lowest BCUT2D eigenvalue weighted by atomic mass is 10.4. The van der Waals surface area contributed by atoms with Crippen LogP contribution < -0.4 is 0 Å². The number of rotatable bonds is 3. The fourth-order valence-electron chi connectivity index (χ4n) is 0.603. The van der Waals surface area contributed by atoms with E-state index < -0.39 is 0 Å². The minimum atomic E-state index is 0. The summed E-state index contributed by atoms with van der Waals surface area (Å²) < 4.78 is 4.48. The molecule has 0 spiro atoms. The number of nitrogens with zero attached hydrogens (tertiary/aromatic N) is 1. The fourth-order valence-corrected chi connectivity index (χ4v) is 0.603. The molecule has 0 fully saturated rings. The molecule has 0 aromatic carbocycles. The monoisotopic (exact) mass is 173 g/mol. The first kappa shape index (κ1) is 9.91. The van der Waals surface area contributed by atoms with Crippen LogP contribution in [0.1, 0.15) is 5.69 Å². The third-order valence-corrected chi connectivity index (χ3v) is 1.03. The molecule has 0 bridgehead atoms. The second-order valence-corrected chi connectivity index (χ2v) is 1.73. The highest BCUT2D eigenvalue weighted by Gasteiger charge is 1.88. The van der Waals surface area contributed by atoms with Gasteiger partial charge in [0.2, 0.25) is 0 Å². The van der Waals surface area contributed by atoms with Crippen LogP contribution in [0.15, 0.2) is 24.4 Å². The van der Waals surface area contributed by atoms with Gasteiger partial charge in [0.1, 0.15) is 6.61 Å². The third kappa shape index (κ3) is 3.57. The molecule has 1 rings (SSSR count). The maximum atomic E-state index is 9.73. The van der Waals surface area contributed by atoms with E-state index in [2.05, 4.69) is 9.72 Å². The summed E-state index contributed by atoms with van der Waals surface area (Å²) in [6, 6.07) is 5.45. The van der Waals surface area contributed by atoms with Crippen molar-refractivity contribution in [1.82, 2.24) is 4.98 Å². The van der Waals surface area contributed by atoms with Gasteiger partial charge in [-0.1, -0.05) is 6.07 Å². The normalized spacial score (nSPS) is 8.00. The van der Waals surface area contributed by atoms with Crippen LogP contribution in [0.25, 0.3) is 0 Å². The summed E-state index contributed by atoms with van der Waals surface area (Å²) in [6.45, 7) is 0.666. The molecule has 0 aliphatic heterocycles. The molecule has 0 saturated carbocycles. The van der Waals surface area contributed by atoms with Gasteiger partial charge in [0.25, 0.3) is 6.47 Å². The zero-order valence-corrected chi connectivity index (χ0v) is 6.58. The van der Waals surface area contributed by atoms with Crippen molar-refractivity contribution in [2.75, 3.05) is 0 Å². The minimum Gasteiger partial charge on any atom is -0.461 e. The molecule has 60 valence electrons. The van der Waals surface area contributed by atoms with Crippen molar-refractivity contribution < 1.29 is 9.53 Å². The number of ether oxygens (including phenoxy) is 1. The van der Waals surface area contributed by atoms with Crippen LogP contribution in [0.5, 0.6) is 0 Å². The third-order valence-electron chi connectivity index (χ3n) is 1.03. The van der Waals surface area contributed by atoms with Gasteiger partial charge in [-0.05, 0) is 12.1 Å². The van der Waals surface area contributed by atoms with Crippen LogP contribution in [0.4, 0.5) is 0 Å². The molecule has 0 atom stereocenters. The Kier molecular flexibility index (Phi) is 5.11. The molecule has 4 heteroatoms. The summed E-state index contributed by atoms with van der Waals surface area (Å²) in [7, 11) is 0. The average Bonchev–Trinajstić information content (AvgIpc) is 2.03. The van der Waals surface area contributed by atoms with Crippen LogP contribution in [-0.4, -0.2) is 11.5 Å². The Morgan fingerprint density at radius 3 is 2.91 bits per heavy atom. The van der Waals surface area contributed by atoms with Gasteiger partial charge in [0.15, 0.2) is 0 Å². The largest absolute Gasteiger partial charge is 0.461 e. The first-order valence-electron chi connectivity index (χ1n) is 2.88. The minimum absolute atomic E-state index is 0. The summed E-state index contributed by atoms with van der Waals surface area (Å²) >= 11 is 0. The topological polar surface area (TPSA) is 39.2 Å². The van der Waals surface area contributed by atoms with Gasteiger partial charge < -0.3 is 4.74 Å². The lowest BCUT2D eigenvalue weighted by Gasteiger charge is -1.94. The molecular weight excluding hydrogens is 166 g/mol. The molecule has 0 aliphatic rings. The van der Waals surface area contributed by atoms with E-state index in [0.29, 0.717) is 6.47 Å². The Bertz CT molecular complexity index is 203. The van der Waals surface area contributed by atoms with Gasteiger partial charge in [-0.25, -0.2) is 0 Å². The number of hydrogen-bond acceptors (Lipinski definition) is 3. The standard InChI is InChI=1S/C7H7NO2.ClH/c9-6-10-5-7-3-1-2-4-8-7;/h1-4,6H,5H2;1H. The molecule has 0 unspecified atom stereocenters. The van der Waals surface area contributed by atoms with Gasteiger partial charge in [0, 0.05) is 6.20 Å². The van der Waals surface area contributed by atoms with E-state index in [0.717, 1.165) is 5.69 Å². The number of pyridine rings is 1. The highest BCUT2D eigenvalue weighted by atomic mass is 35.5. The van der Waals surface area contributed by atoms with Crippen molar-refractivity contribution in [3.8, 4) is 0 Å². The quantitative estimate of drug-likeness (QED) is 0.645. The second kappa shape index (κ2) is 5.68. The van der Waals surface area contributed by atoms with Crippen molar-refractivity contribution in [2.24, 2.45) is 0 Å². The van der Waals surface area contributed by atoms with E-state index in [1.807, 2.05) is 12.1 Å².